The van der Waals surface area contributed by atoms with Crippen molar-refractivity contribution in [2.24, 2.45) is 0 Å². The van der Waals surface area contributed by atoms with Gasteiger partial charge < -0.3 is 10.0 Å². The van der Waals surface area contributed by atoms with E-state index in [4.69, 9.17) is 0 Å². The van der Waals surface area contributed by atoms with Crippen LogP contribution in [0, 0.1) is 0 Å². The quantitative estimate of drug-likeness (QED) is 0.922. The Morgan fingerprint density at radius 2 is 2.05 bits per heavy atom. The third-order valence-electron chi connectivity index (χ3n) is 3.68. The Hall–Kier alpha value is -1.65. The van der Waals surface area contributed by atoms with Crippen LogP contribution in [0.4, 0.5) is 0 Å². The van der Waals surface area contributed by atoms with Gasteiger partial charge in [0.05, 0.1) is 10.5 Å². The highest BCUT2D eigenvalue weighted by molar-refractivity contribution is 7.12. The van der Waals surface area contributed by atoms with Crippen molar-refractivity contribution in [2.45, 2.75) is 18.9 Å². The molecule has 104 valence electrons. The van der Waals surface area contributed by atoms with E-state index in [0.717, 1.165) is 16.0 Å². The van der Waals surface area contributed by atoms with Crippen LogP contribution in [0.25, 0.3) is 11.1 Å². The lowest BCUT2D eigenvalue weighted by molar-refractivity contribution is 0.0575. The predicted octanol–water partition coefficient (Wildman–Crippen LogP) is 3.01. The van der Waals surface area contributed by atoms with Crippen molar-refractivity contribution in [3.8, 4) is 11.1 Å². The van der Waals surface area contributed by atoms with E-state index in [1.54, 1.807) is 11.8 Å². The molecular weight excluding hydrogens is 270 g/mol. The topological polar surface area (TPSA) is 40.5 Å². The number of thiophene rings is 1. The first-order chi connectivity index (χ1) is 9.57. The molecular formula is C16H17NO2S. The van der Waals surface area contributed by atoms with Crippen molar-refractivity contribution in [3.63, 3.8) is 0 Å². The minimum atomic E-state index is -0.750. The van der Waals surface area contributed by atoms with Gasteiger partial charge in [-0.2, -0.15) is 0 Å². The predicted molar refractivity (Wildman–Crippen MR) is 80.9 cm³/mol. The average molecular weight is 287 g/mol. The number of β-amino-alcohol motifs (C(OH)–C–C–N with tert-alkyl or cyclic N) is 1. The average Bonchev–Trinajstić information content (AvgIpc) is 3.05. The number of rotatable bonds is 2. The number of hydrogen-bond acceptors (Lipinski definition) is 3. The monoisotopic (exact) mass is 287 g/mol. The molecule has 1 saturated heterocycles. The second kappa shape index (κ2) is 5.04. The summed E-state index contributed by atoms with van der Waals surface area (Å²) in [6.07, 6.45) is 0.644. The summed E-state index contributed by atoms with van der Waals surface area (Å²) in [4.78, 5) is 15.1. The highest BCUT2D eigenvalue weighted by atomic mass is 32.1. The molecule has 0 aliphatic carbocycles. The molecule has 0 saturated carbocycles. The van der Waals surface area contributed by atoms with Gasteiger partial charge in [-0.3, -0.25) is 4.79 Å². The van der Waals surface area contributed by atoms with Gasteiger partial charge in [-0.05, 0) is 30.4 Å². The van der Waals surface area contributed by atoms with Crippen molar-refractivity contribution in [3.05, 3.63) is 46.7 Å². The summed E-state index contributed by atoms with van der Waals surface area (Å²) >= 11 is 1.47. The Balaban J connectivity index is 1.89. The summed E-state index contributed by atoms with van der Waals surface area (Å²) in [5.74, 6) is 0.0247. The van der Waals surface area contributed by atoms with Gasteiger partial charge in [0.1, 0.15) is 0 Å². The maximum absolute atomic E-state index is 12.6. The molecule has 3 nitrogen and oxygen atoms in total. The molecule has 20 heavy (non-hydrogen) atoms. The summed E-state index contributed by atoms with van der Waals surface area (Å²) in [7, 11) is 0. The largest absolute Gasteiger partial charge is 0.388 e. The van der Waals surface area contributed by atoms with E-state index < -0.39 is 5.60 Å². The van der Waals surface area contributed by atoms with Gasteiger partial charge in [0.2, 0.25) is 0 Å². The van der Waals surface area contributed by atoms with Gasteiger partial charge in [0.25, 0.3) is 5.91 Å². The molecule has 1 aliphatic heterocycles. The van der Waals surface area contributed by atoms with Crippen LogP contribution in [0.2, 0.25) is 0 Å². The fourth-order valence-corrected chi connectivity index (χ4v) is 3.46. The van der Waals surface area contributed by atoms with E-state index in [2.05, 4.69) is 0 Å². The maximum atomic E-state index is 12.6. The van der Waals surface area contributed by atoms with E-state index in [1.165, 1.54) is 11.3 Å². The molecule has 2 aromatic rings. The molecule has 1 aromatic carbocycles. The van der Waals surface area contributed by atoms with Gasteiger partial charge in [-0.15, -0.1) is 11.3 Å². The normalized spacial score (nSPS) is 22.2. The molecule has 3 rings (SSSR count). The number of aliphatic hydroxyl groups is 1. The van der Waals surface area contributed by atoms with Gasteiger partial charge in [-0.25, -0.2) is 0 Å². The van der Waals surface area contributed by atoms with Crippen LogP contribution in [0.15, 0.2) is 41.8 Å². The third-order valence-corrected chi connectivity index (χ3v) is 4.59. The van der Waals surface area contributed by atoms with Crippen molar-refractivity contribution < 1.29 is 9.90 Å². The minimum absolute atomic E-state index is 0.0247. The zero-order chi connectivity index (χ0) is 14.2. The van der Waals surface area contributed by atoms with E-state index in [-0.39, 0.29) is 5.91 Å². The van der Waals surface area contributed by atoms with Crippen molar-refractivity contribution >= 4 is 17.2 Å². The summed E-state index contributed by atoms with van der Waals surface area (Å²) in [5.41, 5.74) is 1.29. The first kappa shape index (κ1) is 13.3. The maximum Gasteiger partial charge on any atom is 0.264 e. The Morgan fingerprint density at radius 1 is 1.30 bits per heavy atom. The van der Waals surface area contributed by atoms with Crippen LogP contribution in [-0.2, 0) is 0 Å². The summed E-state index contributed by atoms with van der Waals surface area (Å²) < 4.78 is 0. The molecule has 1 amide bonds. The number of carbonyl (C=O) groups is 1. The fraction of sp³-hybridized carbons (Fsp3) is 0.312. The number of amides is 1. The molecule has 1 unspecified atom stereocenters. The third kappa shape index (κ3) is 2.49. The van der Waals surface area contributed by atoms with Crippen LogP contribution in [0.1, 0.15) is 23.0 Å². The zero-order valence-corrected chi connectivity index (χ0v) is 12.2. The van der Waals surface area contributed by atoms with Crippen LogP contribution >= 0.6 is 11.3 Å². The first-order valence-corrected chi connectivity index (χ1v) is 7.59. The Morgan fingerprint density at radius 3 is 2.70 bits per heavy atom. The summed E-state index contributed by atoms with van der Waals surface area (Å²) in [5, 5.41) is 12.0. The molecule has 1 aromatic heterocycles. The van der Waals surface area contributed by atoms with Gasteiger partial charge in [-0.1, -0.05) is 30.3 Å². The second-order valence-electron chi connectivity index (χ2n) is 5.50. The lowest BCUT2D eigenvalue weighted by Gasteiger charge is -2.19. The van der Waals surface area contributed by atoms with E-state index >= 15 is 0 Å². The number of benzene rings is 1. The SMILES string of the molecule is CC1(O)CCN(C(=O)c2sccc2-c2ccccc2)C1. The van der Waals surface area contributed by atoms with E-state index in [1.807, 2.05) is 41.8 Å². The summed E-state index contributed by atoms with van der Waals surface area (Å²) in [6.45, 7) is 2.82. The molecule has 0 spiro atoms. The lowest BCUT2D eigenvalue weighted by atomic mass is 10.1. The van der Waals surface area contributed by atoms with Gasteiger partial charge in [0.15, 0.2) is 0 Å². The van der Waals surface area contributed by atoms with Crippen LogP contribution in [-0.4, -0.2) is 34.6 Å². The standard InChI is InChI=1S/C16H17NO2S/c1-16(19)8-9-17(11-16)15(18)14-13(7-10-20-14)12-5-3-2-4-6-12/h2-7,10,19H,8-9,11H2,1H3. The highest BCUT2D eigenvalue weighted by Gasteiger charge is 2.35. The van der Waals surface area contributed by atoms with Crippen LogP contribution < -0.4 is 0 Å². The van der Waals surface area contributed by atoms with Crippen molar-refractivity contribution in [2.75, 3.05) is 13.1 Å². The fourth-order valence-electron chi connectivity index (χ4n) is 2.58. The Kier molecular flexibility index (Phi) is 3.36. The lowest BCUT2D eigenvalue weighted by Crippen LogP contribution is -2.33. The minimum Gasteiger partial charge on any atom is -0.388 e. The van der Waals surface area contributed by atoms with Crippen molar-refractivity contribution in [1.29, 1.82) is 0 Å². The van der Waals surface area contributed by atoms with E-state index in [9.17, 15) is 9.90 Å². The molecule has 0 radical (unpaired) electrons. The number of carbonyl (C=O) groups excluding carboxylic acids is 1. The molecule has 0 bridgehead atoms. The molecule has 4 heteroatoms. The molecule has 1 atom stereocenters. The highest BCUT2D eigenvalue weighted by Crippen LogP contribution is 2.31. The molecule has 1 aliphatic rings. The smallest absolute Gasteiger partial charge is 0.264 e. The van der Waals surface area contributed by atoms with Gasteiger partial charge in [0, 0.05) is 18.7 Å². The molecule has 1 fully saturated rings. The second-order valence-corrected chi connectivity index (χ2v) is 6.42. The number of nitrogens with zero attached hydrogens (tertiary/aromatic N) is 1. The number of likely N-dealkylation sites (tertiary alicyclic amines) is 1. The van der Waals surface area contributed by atoms with Crippen LogP contribution in [0.5, 0.6) is 0 Å². The molecule has 2 heterocycles. The van der Waals surface area contributed by atoms with Crippen LogP contribution in [0.3, 0.4) is 0 Å². The zero-order valence-electron chi connectivity index (χ0n) is 11.4. The number of hydrogen-bond donors (Lipinski definition) is 1. The van der Waals surface area contributed by atoms with Crippen molar-refractivity contribution in [1.82, 2.24) is 4.90 Å². The Bertz CT molecular complexity index is 618. The van der Waals surface area contributed by atoms with Gasteiger partial charge >= 0.3 is 0 Å². The molecule has 1 N–H and O–H groups in total. The summed E-state index contributed by atoms with van der Waals surface area (Å²) in [6, 6.07) is 11.9. The first-order valence-electron chi connectivity index (χ1n) is 6.71. The van der Waals surface area contributed by atoms with E-state index in [0.29, 0.717) is 19.5 Å². The Labute approximate surface area is 122 Å².